The summed E-state index contributed by atoms with van der Waals surface area (Å²) in [6.07, 6.45) is 4.01. The van der Waals surface area contributed by atoms with Crippen LogP contribution < -0.4 is 5.73 Å². The highest BCUT2D eigenvalue weighted by Crippen LogP contribution is 2.37. The SMILES string of the molecule is CC1CN(C2(CN)CCC2)CCN1C. The molecule has 2 fully saturated rings. The van der Waals surface area contributed by atoms with Crippen LogP contribution in [0.1, 0.15) is 26.2 Å². The van der Waals surface area contributed by atoms with E-state index < -0.39 is 0 Å². The molecule has 0 aromatic rings. The van der Waals surface area contributed by atoms with Crippen LogP contribution in [0.3, 0.4) is 0 Å². The average molecular weight is 197 g/mol. The smallest absolute Gasteiger partial charge is 0.0332 e. The lowest BCUT2D eigenvalue weighted by molar-refractivity contribution is -0.0254. The molecule has 2 rings (SSSR count). The van der Waals surface area contributed by atoms with Gasteiger partial charge in [-0.2, -0.15) is 0 Å². The molecule has 0 bridgehead atoms. The average Bonchev–Trinajstić information content (AvgIpc) is 2.10. The van der Waals surface area contributed by atoms with Crippen molar-refractivity contribution >= 4 is 0 Å². The van der Waals surface area contributed by atoms with Gasteiger partial charge in [0.15, 0.2) is 0 Å². The van der Waals surface area contributed by atoms with E-state index in [9.17, 15) is 0 Å². The number of hydrogen-bond acceptors (Lipinski definition) is 3. The van der Waals surface area contributed by atoms with Gasteiger partial charge in [-0.3, -0.25) is 4.90 Å². The summed E-state index contributed by atoms with van der Waals surface area (Å²) in [6, 6.07) is 0.688. The highest BCUT2D eigenvalue weighted by molar-refractivity contribution is 5.01. The third-order valence-corrected chi connectivity index (χ3v) is 4.29. The van der Waals surface area contributed by atoms with Gasteiger partial charge in [-0.15, -0.1) is 0 Å². The summed E-state index contributed by atoms with van der Waals surface area (Å²) in [5, 5.41) is 0. The summed E-state index contributed by atoms with van der Waals surface area (Å²) in [4.78, 5) is 5.08. The molecule has 0 radical (unpaired) electrons. The van der Waals surface area contributed by atoms with E-state index in [1.807, 2.05) is 0 Å². The Kier molecular flexibility index (Phi) is 2.82. The lowest BCUT2D eigenvalue weighted by Crippen LogP contribution is -2.64. The minimum atomic E-state index is 0.384. The van der Waals surface area contributed by atoms with Gasteiger partial charge in [-0.05, 0) is 33.2 Å². The van der Waals surface area contributed by atoms with Gasteiger partial charge in [-0.25, -0.2) is 0 Å². The first-order valence-electron chi connectivity index (χ1n) is 5.83. The first kappa shape index (κ1) is 10.4. The third-order valence-electron chi connectivity index (χ3n) is 4.29. The minimum Gasteiger partial charge on any atom is -0.329 e. The van der Waals surface area contributed by atoms with Crippen LogP contribution in [-0.4, -0.2) is 54.6 Å². The fourth-order valence-electron chi connectivity index (χ4n) is 2.71. The van der Waals surface area contributed by atoms with Gasteiger partial charge in [0, 0.05) is 37.8 Å². The van der Waals surface area contributed by atoms with Crippen LogP contribution in [0, 0.1) is 0 Å². The van der Waals surface area contributed by atoms with Crippen LogP contribution in [0.25, 0.3) is 0 Å². The molecular formula is C11H23N3. The fourth-order valence-corrected chi connectivity index (χ4v) is 2.71. The molecule has 1 saturated heterocycles. The molecule has 1 aliphatic heterocycles. The minimum absolute atomic E-state index is 0.384. The molecule has 0 spiro atoms. The molecule has 1 atom stereocenters. The third kappa shape index (κ3) is 1.58. The van der Waals surface area contributed by atoms with E-state index in [0.29, 0.717) is 11.6 Å². The van der Waals surface area contributed by atoms with Gasteiger partial charge in [0.25, 0.3) is 0 Å². The van der Waals surface area contributed by atoms with Crippen molar-refractivity contribution in [1.29, 1.82) is 0 Å². The second kappa shape index (κ2) is 3.80. The van der Waals surface area contributed by atoms with Gasteiger partial charge < -0.3 is 10.6 Å². The van der Waals surface area contributed by atoms with E-state index in [0.717, 1.165) is 6.54 Å². The Hall–Kier alpha value is -0.120. The summed E-state index contributed by atoms with van der Waals surface area (Å²) in [5.74, 6) is 0. The maximum atomic E-state index is 5.92. The number of rotatable bonds is 2. The van der Waals surface area contributed by atoms with Crippen LogP contribution in [0.2, 0.25) is 0 Å². The van der Waals surface area contributed by atoms with Crippen molar-refractivity contribution in [3.05, 3.63) is 0 Å². The predicted molar refractivity (Wildman–Crippen MR) is 59.3 cm³/mol. The van der Waals surface area contributed by atoms with Crippen molar-refractivity contribution in [2.75, 3.05) is 33.2 Å². The zero-order valence-corrected chi connectivity index (χ0v) is 9.50. The van der Waals surface area contributed by atoms with Crippen molar-refractivity contribution in [3.63, 3.8) is 0 Å². The van der Waals surface area contributed by atoms with Crippen LogP contribution in [-0.2, 0) is 0 Å². The van der Waals surface area contributed by atoms with E-state index in [1.54, 1.807) is 0 Å². The Bertz CT molecular complexity index is 195. The van der Waals surface area contributed by atoms with Crippen LogP contribution in [0.15, 0.2) is 0 Å². The molecule has 0 amide bonds. The van der Waals surface area contributed by atoms with Crippen molar-refractivity contribution in [3.8, 4) is 0 Å². The largest absolute Gasteiger partial charge is 0.329 e. The van der Waals surface area contributed by atoms with E-state index in [4.69, 9.17) is 5.73 Å². The van der Waals surface area contributed by atoms with Gasteiger partial charge in [-0.1, -0.05) is 0 Å². The van der Waals surface area contributed by atoms with Crippen LogP contribution in [0.4, 0.5) is 0 Å². The summed E-state index contributed by atoms with van der Waals surface area (Å²) in [5.41, 5.74) is 6.31. The zero-order chi connectivity index (χ0) is 10.2. The van der Waals surface area contributed by atoms with Crippen LogP contribution in [0.5, 0.6) is 0 Å². The molecule has 1 unspecified atom stereocenters. The molecule has 14 heavy (non-hydrogen) atoms. The van der Waals surface area contributed by atoms with Crippen LogP contribution >= 0.6 is 0 Å². The van der Waals surface area contributed by atoms with E-state index in [2.05, 4.69) is 23.8 Å². The second-order valence-electron chi connectivity index (χ2n) is 5.06. The highest BCUT2D eigenvalue weighted by atomic mass is 15.3. The molecule has 1 saturated carbocycles. The van der Waals surface area contributed by atoms with Gasteiger partial charge in [0.1, 0.15) is 0 Å². The Morgan fingerprint density at radius 2 is 2.07 bits per heavy atom. The molecule has 3 nitrogen and oxygen atoms in total. The Balaban J connectivity index is 1.98. The zero-order valence-electron chi connectivity index (χ0n) is 9.50. The molecule has 1 aliphatic carbocycles. The van der Waals surface area contributed by atoms with Crippen molar-refractivity contribution in [2.45, 2.75) is 37.8 Å². The molecule has 1 heterocycles. The molecule has 3 heteroatoms. The Labute approximate surface area is 87.2 Å². The van der Waals surface area contributed by atoms with Crippen molar-refractivity contribution in [1.82, 2.24) is 9.80 Å². The Morgan fingerprint density at radius 3 is 2.50 bits per heavy atom. The summed E-state index contributed by atoms with van der Waals surface area (Å²) in [6.45, 7) is 6.77. The van der Waals surface area contributed by atoms with Gasteiger partial charge >= 0.3 is 0 Å². The first-order valence-corrected chi connectivity index (χ1v) is 5.83. The molecule has 0 aromatic heterocycles. The van der Waals surface area contributed by atoms with E-state index >= 15 is 0 Å². The monoisotopic (exact) mass is 197 g/mol. The summed E-state index contributed by atoms with van der Waals surface area (Å²) >= 11 is 0. The van der Waals surface area contributed by atoms with Gasteiger partial charge in [0.2, 0.25) is 0 Å². The fraction of sp³-hybridized carbons (Fsp3) is 1.00. The number of piperazine rings is 1. The highest BCUT2D eigenvalue weighted by Gasteiger charge is 2.42. The first-order chi connectivity index (χ1) is 6.68. The van der Waals surface area contributed by atoms with Crippen molar-refractivity contribution < 1.29 is 0 Å². The van der Waals surface area contributed by atoms with E-state index in [1.165, 1.54) is 38.9 Å². The van der Waals surface area contributed by atoms with Crippen molar-refractivity contribution in [2.24, 2.45) is 5.73 Å². The maximum Gasteiger partial charge on any atom is 0.0332 e. The topological polar surface area (TPSA) is 32.5 Å². The Morgan fingerprint density at radius 1 is 1.36 bits per heavy atom. The molecule has 82 valence electrons. The molecular weight excluding hydrogens is 174 g/mol. The quantitative estimate of drug-likeness (QED) is 0.700. The number of nitrogens with zero attached hydrogens (tertiary/aromatic N) is 2. The number of nitrogens with two attached hydrogens (primary N) is 1. The summed E-state index contributed by atoms with van der Waals surface area (Å²) in [7, 11) is 2.22. The lowest BCUT2D eigenvalue weighted by Gasteiger charge is -2.53. The standard InChI is InChI=1S/C11H23N3/c1-10-8-14(7-6-13(10)2)11(9-12)4-3-5-11/h10H,3-9,12H2,1-2H3. The number of likely N-dealkylation sites (N-methyl/N-ethyl adjacent to an activating group) is 1. The van der Waals surface area contributed by atoms with Gasteiger partial charge in [0.05, 0.1) is 0 Å². The maximum absolute atomic E-state index is 5.92. The second-order valence-corrected chi connectivity index (χ2v) is 5.06. The molecule has 2 N–H and O–H groups in total. The lowest BCUT2D eigenvalue weighted by atomic mass is 9.74. The summed E-state index contributed by atoms with van der Waals surface area (Å²) < 4.78 is 0. The molecule has 2 aliphatic rings. The normalized spacial score (nSPS) is 34.1. The molecule has 0 aromatic carbocycles. The predicted octanol–water partition coefficient (Wildman–Crippen LogP) is 0.504. The number of hydrogen-bond donors (Lipinski definition) is 1. The van der Waals surface area contributed by atoms with E-state index in [-0.39, 0.29) is 0 Å².